The minimum atomic E-state index is 0.209. The number of unbranched alkanes of at least 4 members (excludes halogenated alkanes) is 2. The first-order valence-corrected chi connectivity index (χ1v) is 7.26. The van der Waals surface area contributed by atoms with Gasteiger partial charge < -0.3 is 15.2 Å². The van der Waals surface area contributed by atoms with E-state index in [4.69, 9.17) is 15.2 Å². The second kappa shape index (κ2) is 8.81. The fourth-order valence-corrected chi connectivity index (χ4v) is 1.94. The Morgan fingerprint density at radius 3 is 2.58 bits per heavy atom. The van der Waals surface area contributed by atoms with Gasteiger partial charge in [-0.15, -0.1) is 0 Å². The highest BCUT2D eigenvalue weighted by Gasteiger charge is 2.08. The molecule has 0 aliphatic rings. The number of hydrogen-bond donors (Lipinski definition) is 1. The van der Waals surface area contributed by atoms with Crippen molar-refractivity contribution in [2.24, 2.45) is 5.73 Å². The van der Waals surface area contributed by atoms with Gasteiger partial charge in [-0.1, -0.05) is 32.8 Å². The van der Waals surface area contributed by atoms with Gasteiger partial charge in [0.15, 0.2) is 11.5 Å². The highest BCUT2D eigenvalue weighted by molar-refractivity contribution is 5.43. The van der Waals surface area contributed by atoms with Crippen LogP contribution in [0.4, 0.5) is 0 Å². The van der Waals surface area contributed by atoms with Crippen molar-refractivity contribution in [2.45, 2.75) is 52.0 Å². The maximum Gasteiger partial charge on any atom is 0.161 e. The average Bonchev–Trinajstić information content (AvgIpc) is 2.44. The van der Waals surface area contributed by atoms with Crippen LogP contribution in [0.1, 0.15) is 45.1 Å². The van der Waals surface area contributed by atoms with Crippen LogP contribution in [0.25, 0.3) is 0 Å². The van der Waals surface area contributed by atoms with Crippen LogP contribution in [0.3, 0.4) is 0 Å². The van der Waals surface area contributed by atoms with Crippen LogP contribution in [-0.4, -0.2) is 19.8 Å². The minimum Gasteiger partial charge on any atom is -0.493 e. The molecule has 1 aromatic rings. The van der Waals surface area contributed by atoms with E-state index in [1.54, 1.807) is 7.11 Å². The molecule has 1 unspecified atom stereocenters. The lowest BCUT2D eigenvalue weighted by atomic mass is 10.0. The molecule has 0 aliphatic heterocycles. The van der Waals surface area contributed by atoms with E-state index >= 15 is 0 Å². The Balaban J connectivity index is 2.62. The van der Waals surface area contributed by atoms with Crippen LogP contribution in [0.2, 0.25) is 0 Å². The van der Waals surface area contributed by atoms with Crippen molar-refractivity contribution in [1.82, 2.24) is 0 Å². The lowest BCUT2D eigenvalue weighted by molar-refractivity contribution is 0.286. The van der Waals surface area contributed by atoms with Gasteiger partial charge in [-0.3, -0.25) is 0 Å². The van der Waals surface area contributed by atoms with Gasteiger partial charge in [0.25, 0.3) is 0 Å². The van der Waals surface area contributed by atoms with Crippen molar-refractivity contribution in [2.75, 3.05) is 13.7 Å². The zero-order chi connectivity index (χ0) is 14.1. The monoisotopic (exact) mass is 265 g/mol. The van der Waals surface area contributed by atoms with E-state index in [9.17, 15) is 0 Å². The summed E-state index contributed by atoms with van der Waals surface area (Å²) in [6.07, 6.45) is 5.35. The molecule has 1 aromatic carbocycles. The maximum atomic E-state index is 5.98. The highest BCUT2D eigenvalue weighted by Crippen LogP contribution is 2.28. The second-order valence-electron chi connectivity index (χ2n) is 4.91. The second-order valence-corrected chi connectivity index (χ2v) is 4.91. The molecule has 108 valence electrons. The molecule has 0 spiro atoms. The standard InChI is InChI=1S/C16H27NO2/c1-4-6-7-10-19-15-9-8-13(11-14(17)5-2)12-16(15)18-3/h8-9,12,14H,4-7,10-11,17H2,1-3H3. The number of hydrogen-bond acceptors (Lipinski definition) is 3. The molecule has 2 N–H and O–H groups in total. The first kappa shape index (κ1) is 15.8. The van der Waals surface area contributed by atoms with E-state index in [-0.39, 0.29) is 6.04 Å². The van der Waals surface area contributed by atoms with E-state index in [2.05, 4.69) is 19.9 Å². The summed E-state index contributed by atoms with van der Waals surface area (Å²) in [5.41, 5.74) is 7.18. The van der Waals surface area contributed by atoms with Crippen molar-refractivity contribution in [1.29, 1.82) is 0 Å². The van der Waals surface area contributed by atoms with E-state index in [1.807, 2.05) is 12.1 Å². The minimum absolute atomic E-state index is 0.209. The van der Waals surface area contributed by atoms with E-state index < -0.39 is 0 Å². The third-order valence-corrected chi connectivity index (χ3v) is 3.26. The zero-order valence-corrected chi connectivity index (χ0v) is 12.4. The van der Waals surface area contributed by atoms with Crippen LogP contribution >= 0.6 is 0 Å². The number of nitrogens with two attached hydrogens (primary N) is 1. The van der Waals surface area contributed by atoms with Crippen molar-refractivity contribution >= 4 is 0 Å². The molecule has 0 amide bonds. The Hall–Kier alpha value is -1.22. The van der Waals surface area contributed by atoms with Crippen molar-refractivity contribution in [3.63, 3.8) is 0 Å². The maximum absolute atomic E-state index is 5.98. The molecule has 0 heterocycles. The third-order valence-electron chi connectivity index (χ3n) is 3.26. The molecule has 0 fully saturated rings. The highest BCUT2D eigenvalue weighted by atomic mass is 16.5. The number of ether oxygens (including phenoxy) is 2. The van der Waals surface area contributed by atoms with E-state index in [0.717, 1.165) is 37.4 Å². The van der Waals surface area contributed by atoms with Crippen LogP contribution in [-0.2, 0) is 6.42 Å². The van der Waals surface area contributed by atoms with Gasteiger partial charge in [-0.05, 0) is 37.0 Å². The third kappa shape index (κ3) is 5.52. The largest absolute Gasteiger partial charge is 0.493 e. The predicted octanol–water partition coefficient (Wildman–Crippen LogP) is 3.54. The molecule has 0 radical (unpaired) electrons. The summed E-state index contributed by atoms with van der Waals surface area (Å²) in [6.45, 7) is 5.04. The Morgan fingerprint density at radius 1 is 1.16 bits per heavy atom. The average molecular weight is 265 g/mol. The van der Waals surface area contributed by atoms with Crippen molar-refractivity contribution < 1.29 is 9.47 Å². The summed E-state index contributed by atoms with van der Waals surface area (Å²) in [7, 11) is 1.68. The Labute approximate surface area is 117 Å². The molecule has 1 rings (SSSR count). The van der Waals surface area contributed by atoms with E-state index in [0.29, 0.717) is 0 Å². The Kier molecular flexibility index (Phi) is 7.34. The SMILES string of the molecule is CCCCCOc1ccc(CC(N)CC)cc1OC. The summed E-state index contributed by atoms with van der Waals surface area (Å²) in [5, 5.41) is 0. The molecule has 19 heavy (non-hydrogen) atoms. The van der Waals surface area contributed by atoms with Gasteiger partial charge in [0.2, 0.25) is 0 Å². The Morgan fingerprint density at radius 2 is 1.95 bits per heavy atom. The molecular formula is C16H27NO2. The molecule has 0 saturated carbocycles. The normalized spacial score (nSPS) is 12.2. The van der Waals surface area contributed by atoms with Gasteiger partial charge in [0.1, 0.15) is 0 Å². The fraction of sp³-hybridized carbons (Fsp3) is 0.625. The predicted molar refractivity (Wildman–Crippen MR) is 80.0 cm³/mol. The molecule has 0 saturated heterocycles. The van der Waals surface area contributed by atoms with Gasteiger partial charge >= 0.3 is 0 Å². The molecular weight excluding hydrogens is 238 g/mol. The molecule has 3 nitrogen and oxygen atoms in total. The number of benzene rings is 1. The molecule has 1 atom stereocenters. The van der Waals surface area contributed by atoms with Gasteiger partial charge in [-0.2, -0.15) is 0 Å². The van der Waals surface area contributed by atoms with Gasteiger partial charge in [0.05, 0.1) is 13.7 Å². The van der Waals surface area contributed by atoms with Crippen LogP contribution in [0, 0.1) is 0 Å². The lowest BCUT2D eigenvalue weighted by Crippen LogP contribution is -2.21. The van der Waals surface area contributed by atoms with Gasteiger partial charge in [0, 0.05) is 6.04 Å². The van der Waals surface area contributed by atoms with Crippen LogP contribution < -0.4 is 15.2 Å². The smallest absolute Gasteiger partial charge is 0.161 e. The topological polar surface area (TPSA) is 44.5 Å². The zero-order valence-electron chi connectivity index (χ0n) is 12.4. The molecule has 0 bridgehead atoms. The quantitative estimate of drug-likeness (QED) is 0.694. The first-order valence-electron chi connectivity index (χ1n) is 7.26. The number of methoxy groups -OCH3 is 1. The number of rotatable bonds is 9. The van der Waals surface area contributed by atoms with Crippen molar-refractivity contribution in [3.8, 4) is 11.5 Å². The summed E-state index contributed by atoms with van der Waals surface area (Å²) < 4.78 is 11.2. The first-order chi connectivity index (χ1) is 9.21. The summed E-state index contributed by atoms with van der Waals surface area (Å²) in [6, 6.07) is 6.31. The molecule has 3 heteroatoms. The summed E-state index contributed by atoms with van der Waals surface area (Å²) >= 11 is 0. The lowest BCUT2D eigenvalue weighted by Gasteiger charge is -2.14. The summed E-state index contributed by atoms with van der Waals surface area (Å²) in [4.78, 5) is 0. The van der Waals surface area contributed by atoms with E-state index in [1.165, 1.54) is 18.4 Å². The molecule has 0 aromatic heterocycles. The van der Waals surface area contributed by atoms with Gasteiger partial charge in [-0.25, -0.2) is 0 Å². The van der Waals surface area contributed by atoms with Crippen LogP contribution in [0.5, 0.6) is 11.5 Å². The fourth-order valence-electron chi connectivity index (χ4n) is 1.94. The van der Waals surface area contributed by atoms with Crippen LogP contribution in [0.15, 0.2) is 18.2 Å². The molecule has 0 aliphatic carbocycles. The van der Waals surface area contributed by atoms with Crippen molar-refractivity contribution in [3.05, 3.63) is 23.8 Å². The summed E-state index contributed by atoms with van der Waals surface area (Å²) in [5.74, 6) is 1.63. The Bertz CT molecular complexity index is 366.